The molecule has 0 saturated heterocycles. The van der Waals surface area contributed by atoms with Crippen LogP contribution in [0, 0.1) is 12.3 Å². The highest BCUT2D eigenvalue weighted by atomic mass is 16.5. The summed E-state index contributed by atoms with van der Waals surface area (Å²) in [6.45, 7) is 2.36. The van der Waals surface area contributed by atoms with Crippen molar-refractivity contribution in [3.05, 3.63) is 18.0 Å². The summed E-state index contributed by atoms with van der Waals surface area (Å²) in [5.41, 5.74) is 1.64. The number of carbonyl (C=O) groups excluding carboxylic acids is 1. The number of hydrogen-bond acceptors (Lipinski definition) is 5. The van der Waals surface area contributed by atoms with Crippen molar-refractivity contribution in [1.29, 1.82) is 0 Å². The molecule has 0 saturated carbocycles. The highest BCUT2D eigenvalue weighted by Crippen LogP contribution is 2.25. The SMILES string of the molecule is C#CCNc1c(C(=O)OCC)cnc2c1cnn2C. The summed E-state index contributed by atoms with van der Waals surface area (Å²) < 4.78 is 6.64. The number of ether oxygens (including phenoxy) is 1. The molecule has 0 aliphatic heterocycles. The average Bonchev–Trinajstić information content (AvgIpc) is 2.78. The number of pyridine rings is 1. The smallest absolute Gasteiger partial charge is 0.341 e. The molecule has 6 heteroatoms. The molecule has 2 rings (SSSR count). The quantitative estimate of drug-likeness (QED) is 0.659. The van der Waals surface area contributed by atoms with Gasteiger partial charge in [0.05, 0.1) is 30.4 Å². The highest BCUT2D eigenvalue weighted by Gasteiger charge is 2.17. The van der Waals surface area contributed by atoms with E-state index in [-0.39, 0.29) is 0 Å². The van der Waals surface area contributed by atoms with Crippen molar-refractivity contribution in [2.24, 2.45) is 7.05 Å². The van der Waals surface area contributed by atoms with Crippen LogP contribution in [0.1, 0.15) is 17.3 Å². The molecule has 1 N–H and O–H groups in total. The molecule has 0 atom stereocenters. The van der Waals surface area contributed by atoms with Crippen LogP contribution < -0.4 is 5.32 Å². The predicted molar refractivity (Wildman–Crippen MR) is 71.8 cm³/mol. The molecule has 98 valence electrons. The zero-order valence-electron chi connectivity index (χ0n) is 10.8. The van der Waals surface area contributed by atoms with Gasteiger partial charge in [-0.2, -0.15) is 5.10 Å². The molecule has 0 spiro atoms. The second kappa shape index (κ2) is 5.40. The van der Waals surface area contributed by atoms with Crippen molar-refractivity contribution in [2.75, 3.05) is 18.5 Å². The van der Waals surface area contributed by atoms with Crippen LogP contribution in [0.2, 0.25) is 0 Å². The first-order valence-corrected chi connectivity index (χ1v) is 5.84. The third kappa shape index (κ3) is 2.36. The van der Waals surface area contributed by atoms with E-state index in [0.29, 0.717) is 30.0 Å². The minimum atomic E-state index is -0.430. The number of hydrogen-bond donors (Lipinski definition) is 1. The summed E-state index contributed by atoms with van der Waals surface area (Å²) in [7, 11) is 1.78. The fraction of sp³-hybridized carbons (Fsp3) is 0.308. The van der Waals surface area contributed by atoms with Gasteiger partial charge in [0.25, 0.3) is 0 Å². The normalized spacial score (nSPS) is 10.2. The molecule has 0 radical (unpaired) electrons. The Balaban J connectivity index is 2.56. The van der Waals surface area contributed by atoms with Gasteiger partial charge in [0.2, 0.25) is 0 Å². The van der Waals surface area contributed by atoms with Gasteiger partial charge in [0.1, 0.15) is 5.56 Å². The molecule has 2 aromatic rings. The van der Waals surface area contributed by atoms with E-state index < -0.39 is 5.97 Å². The van der Waals surface area contributed by atoms with E-state index in [1.54, 1.807) is 24.9 Å². The first-order chi connectivity index (χ1) is 9.19. The van der Waals surface area contributed by atoms with Crippen LogP contribution in [0.3, 0.4) is 0 Å². The fourth-order valence-electron chi connectivity index (χ4n) is 1.79. The molecular weight excluding hydrogens is 244 g/mol. The Kier molecular flexibility index (Phi) is 3.66. The Labute approximate surface area is 110 Å². The zero-order valence-corrected chi connectivity index (χ0v) is 10.8. The highest BCUT2D eigenvalue weighted by molar-refractivity contribution is 6.04. The third-order valence-electron chi connectivity index (χ3n) is 2.62. The molecule has 0 aliphatic rings. The molecule has 0 aromatic carbocycles. The van der Waals surface area contributed by atoms with E-state index in [1.165, 1.54) is 6.20 Å². The van der Waals surface area contributed by atoms with Crippen molar-refractivity contribution in [3.8, 4) is 12.3 Å². The summed E-state index contributed by atoms with van der Waals surface area (Å²) >= 11 is 0. The molecule has 0 unspecified atom stereocenters. The van der Waals surface area contributed by atoms with Gasteiger partial charge in [-0.25, -0.2) is 9.78 Å². The van der Waals surface area contributed by atoms with Crippen LogP contribution >= 0.6 is 0 Å². The van der Waals surface area contributed by atoms with Gasteiger partial charge >= 0.3 is 5.97 Å². The number of anilines is 1. The second-order valence-electron chi connectivity index (χ2n) is 3.83. The molecule has 0 aliphatic carbocycles. The van der Waals surface area contributed by atoms with Gasteiger partial charge in [-0.1, -0.05) is 5.92 Å². The maximum absolute atomic E-state index is 11.9. The molecule has 2 heterocycles. The van der Waals surface area contributed by atoms with Crippen molar-refractivity contribution in [1.82, 2.24) is 14.8 Å². The zero-order chi connectivity index (χ0) is 13.8. The molecule has 19 heavy (non-hydrogen) atoms. The van der Waals surface area contributed by atoms with E-state index in [4.69, 9.17) is 11.2 Å². The number of nitrogens with zero attached hydrogens (tertiary/aromatic N) is 3. The van der Waals surface area contributed by atoms with Crippen molar-refractivity contribution < 1.29 is 9.53 Å². The average molecular weight is 258 g/mol. The second-order valence-corrected chi connectivity index (χ2v) is 3.83. The summed E-state index contributed by atoms with van der Waals surface area (Å²) in [4.78, 5) is 16.1. The van der Waals surface area contributed by atoms with Gasteiger partial charge < -0.3 is 10.1 Å². The summed E-state index contributed by atoms with van der Waals surface area (Å²) in [6.07, 6.45) is 8.36. The maximum atomic E-state index is 11.9. The van der Waals surface area contributed by atoms with E-state index in [9.17, 15) is 4.79 Å². The van der Waals surface area contributed by atoms with Crippen molar-refractivity contribution in [3.63, 3.8) is 0 Å². The Morgan fingerprint density at radius 3 is 3.05 bits per heavy atom. The van der Waals surface area contributed by atoms with Gasteiger partial charge in [-0.3, -0.25) is 4.68 Å². The number of aryl methyl sites for hydroxylation is 1. The lowest BCUT2D eigenvalue weighted by Gasteiger charge is -2.10. The predicted octanol–water partition coefficient (Wildman–Crippen LogP) is 1.19. The number of carbonyl (C=O) groups is 1. The largest absolute Gasteiger partial charge is 0.462 e. The molecule has 2 aromatic heterocycles. The number of rotatable bonds is 4. The van der Waals surface area contributed by atoms with Crippen LogP contribution in [-0.2, 0) is 11.8 Å². The summed E-state index contributed by atoms with van der Waals surface area (Å²) in [5.74, 6) is 2.04. The number of esters is 1. The lowest BCUT2D eigenvalue weighted by molar-refractivity contribution is 0.0527. The van der Waals surface area contributed by atoms with E-state index in [2.05, 4.69) is 21.3 Å². The number of aromatic nitrogens is 3. The Morgan fingerprint density at radius 2 is 2.37 bits per heavy atom. The lowest BCUT2D eigenvalue weighted by Crippen LogP contribution is -2.11. The van der Waals surface area contributed by atoms with Gasteiger partial charge in [-0.15, -0.1) is 6.42 Å². The first kappa shape index (κ1) is 12.9. The minimum Gasteiger partial charge on any atom is -0.462 e. The summed E-state index contributed by atoms with van der Waals surface area (Å²) in [5, 5.41) is 7.89. The van der Waals surface area contributed by atoms with Gasteiger partial charge in [0, 0.05) is 13.2 Å². The van der Waals surface area contributed by atoms with E-state index in [1.807, 2.05) is 0 Å². The Bertz CT molecular complexity index is 654. The first-order valence-electron chi connectivity index (χ1n) is 5.84. The molecule has 0 fully saturated rings. The Hall–Kier alpha value is -2.55. The van der Waals surface area contributed by atoms with Crippen molar-refractivity contribution >= 4 is 22.7 Å². The lowest BCUT2D eigenvalue weighted by atomic mass is 10.2. The van der Waals surface area contributed by atoms with E-state index >= 15 is 0 Å². The topological polar surface area (TPSA) is 69.0 Å². The number of fused-ring (bicyclic) bond motifs is 1. The van der Waals surface area contributed by atoms with Crippen LogP contribution in [0.25, 0.3) is 11.0 Å². The van der Waals surface area contributed by atoms with Gasteiger partial charge in [-0.05, 0) is 6.92 Å². The Morgan fingerprint density at radius 1 is 1.58 bits per heavy atom. The van der Waals surface area contributed by atoms with Crippen LogP contribution in [-0.4, -0.2) is 33.9 Å². The van der Waals surface area contributed by atoms with Gasteiger partial charge in [0.15, 0.2) is 5.65 Å². The molecule has 6 nitrogen and oxygen atoms in total. The minimum absolute atomic E-state index is 0.304. The molecule has 0 bridgehead atoms. The van der Waals surface area contributed by atoms with Crippen LogP contribution in [0.5, 0.6) is 0 Å². The maximum Gasteiger partial charge on any atom is 0.341 e. The number of terminal acetylenes is 1. The third-order valence-corrected chi connectivity index (χ3v) is 2.62. The molecular formula is C13H14N4O2. The molecule has 0 amide bonds. The van der Waals surface area contributed by atoms with Crippen LogP contribution in [0.4, 0.5) is 5.69 Å². The standard InChI is InChI=1S/C13H14N4O2/c1-4-6-14-11-9-8-16-17(3)12(9)15-7-10(11)13(18)19-5-2/h1,7-8H,5-6H2,2-3H3,(H,14,15). The monoisotopic (exact) mass is 258 g/mol. The summed E-state index contributed by atoms with van der Waals surface area (Å²) in [6, 6.07) is 0. The van der Waals surface area contributed by atoms with E-state index in [0.717, 1.165) is 5.39 Å². The van der Waals surface area contributed by atoms with Crippen molar-refractivity contribution in [2.45, 2.75) is 6.92 Å². The fourth-order valence-corrected chi connectivity index (χ4v) is 1.79. The van der Waals surface area contributed by atoms with Crippen LogP contribution in [0.15, 0.2) is 12.4 Å². The number of nitrogens with one attached hydrogen (secondary N) is 1.